The normalized spacial score (nSPS) is 18.1. The van der Waals surface area contributed by atoms with Crippen molar-refractivity contribution in [3.05, 3.63) is 89.0 Å². The van der Waals surface area contributed by atoms with Crippen LogP contribution in [0.5, 0.6) is 17.2 Å². The molecule has 4 heteroatoms. The Morgan fingerprint density at radius 2 is 1.71 bits per heavy atom. The average molecular weight is 454 g/mol. The van der Waals surface area contributed by atoms with E-state index in [9.17, 15) is 10.2 Å². The van der Waals surface area contributed by atoms with Crippen LogP contribution in [-0.4, -0.2) is 28.3 Å². The third-order valence-electron chi connectivity index (χ3n) is 7.31. The highest BCUT2D eigenvalue weighted by atomic mass is 16.5. The van der Waals surface area contributed by atoms with Crippen LogP contribution < -0.4 is 4.74 Å². The fourth-order valence-electron chi connectivity index (χ4n) is 5.70. The maximum atomic E-state index is 11.0. The number of fused-ring (bicyclic) bond motifs is 2. The van der Waals surface area contributed by atoms with Gasteiger partial charge < -0.3 is 14.9 Å². The molecule has 4 aromatic carbocycles. The van der Waals surface area contributed by atoms with Gasteiger partial charge in [0, 0.05) is 24.2 Å². The first-order valence-corrected chi connectivity index (χ1v) is 11.8. The van der Waals surface area contributed by atoms with E-state index in [-0.39, 0.29) is 11.8 Å². The third kappa shape index (κ3) is 3.59. The first kappa shape index (κ1) is 22.3. The largest absolute Gasteiger partial charge is 0.508 e. The quantitative estimate of drug-likeness (QED) is 0.359. The molecule has 4 aromatic rings. The van der Waals surface area contributed by atoms with E-state index in [1.54, 1.807) is 13.2 Å². The number of nitrogens with zero attached hydrogens (tertiary/aromatic N) is 1. The van der Waals surface area contributed by atoms with Crippen molar-refractivity contribution in [1.82, 2.24) is 4.90 Å². The molecule has 4 nitrogen and oxygen atoms in total. The molecule has 34 heavy (non-hydrogen) atoms. The smallest absolute Gasteiger partial charge is 0.130 e. The molecule has 2 N–H and O–H groups in total. The van der Waals surface area contributed by atoms with Crippen LogP contribution in [-0.2, 0) is 13.0 Å². The summed E-state index contributed by atoms with van der Waals surface area (Å²) in [6, 6.07) is 22.3. The molecule has 0 unspecified atom stereocenters. The summed E-state index contributed by atoms with van der Waals surface area (Å²) in [5.41, 5.74) is 6.72. The van der Waals surface area contributed by atoms with E-state index < -0.39 is 0 Å². The van der Waals surface area contributed by atoms with Crippen LogP contribution in [0.2, 0.25) is 0 Å². The number of ether oxygens (including phenoxy) is 1. The van der Waals surface area contributed by atoms with Gasteiger partial charge in [0.2, 0.25) is 0 Å². The van der Waals surface area contributed by atoms with Gasteiger partial charge in [-0.2, -0.15) is 0 Å². The first-order valence-electron chi connectivity index (χ1n) is 11.8. The molecule has 1 aliphatic rings. The Morgan fingerprint density at radius 1 is 0.941 bits per heavy atom. The highest BCUT2D eigenvalue weighted by Crippen LogP contribution is 2.47. The molecule has 0 spiro atoms. The minimum Gasteiger partial charge on any atom is -0.508 e. The van der Waals surface area contributed by atoms with E-state index >= 15 is 0 Å². The molecule has 0 aliphatic carbocycles. The summed E-state index contributed by atoms with van der Waals surface area (Å²) in [7, 11) is 1.63. The lowest BCUT2D eigenvalue weighted by molar-refractivity contribution is 0.127. The number of hydrogen-bond donors (Lipinski definition) is 2. The van der Waals surface area contributed by atoms with Crippen LogP contribution in [0.25, 0.3) is 21.9 Å². The highest BCUT2D eigenvalue weighted by Gasteiger charge is 2.33. The predicted octanol–water partition coefficient (Wildman–Crippen LogP) is 6.74. The molecule has 1 aliphatic heterocycles. The van der Waals surface area contributed by atoms with Crippen LogP contribution in [0.1, 0.15) is 42.1 Å². The van der Waals surface area contributed by atoms with Crippen LogP contribution in [0.3, 0.4) is 0 Å². The summed E-state index contributed by atoms with van der Waals surface area (Å²) in [5, 5.41) is 23.3. The van der Waals surface area contributed by atoms with Crippen molar-refractivity contribution in [1.29, 1.82) is 0 Å². The second-order valence-electron chi connectivity index (χ2n) is 9.38. The number of methoxy groups -OCH3 is 1. The van der Waals surface area contributed by atoms with Gasteiger partial charge in [0.1, 0.15) is 17.2 Å². The standard InChI is InChI=1S/C30H31NO3/c1-18-15-27(34-4)30-23(11-8-12-25(30)32)28(18)22-13-14-26(33)29-20(3)31(19(2)16-24(22)29)17-21-9-6-5-7-10-21/h5-15,19-20,32-33H,16-17H2,1-4H3/t19-,20-/m1/s1. The van der Waals surface area contributed by atoms with Gasteiger partial charge in [0.25, 0.3) is 0 Å². The molecule has 0 fully saturated rings. The van der Waals surface area contributed by atoms with Crippen LogP contribution in [0.4, 0.5) is 0 Å². The molecule has 0 radical (unpaired) electrons. The Hall–Kier alpha value is -3.50. The molecule has 174 valence electrons. The molecular formula is C30H31NO3. The lowest BCUT2D eigenvalue weighted by Gasteiger charge is -2.41. The number of aryl methyl sites for hydroxylation is 1. The molecule has 0 saturated heterocycles. The Kier molecular flexibility index (Phi) is 5.70. The topological polar surface area (TPSA) is 52.9 Å². The van der Waals surface area contributed by atoms with Crippen LogP contribution in [0.15, 0.2) is 66.7 Å². The lowest BCUT2D eigenvalue weighted by atomic mass is 9.81. The van der Waals surface area contributed by atoms with Crippen molar-refractivity contribution >= 4 is 10.8 Å². The summed E-state index contributed by atoms with van der Waals surface area (Å²) < 4.78 is 5.61. The second-order valence-corrected chi connectivity index (χ2v) is 9.38. The minimum atomic E-state index is 0.0668. The van der Waals surface area contributed by atoms with E-state index in [1.807, 2.05) is 36.4 Å². The van der Waals surface area contributed by atoms with Gasteiger partial charge in [0.05, 0.1) is 12.5 Å². The Labute approximate surface area is 201 Å². The number of benzene rings is 4. The van der Waals surface area contributed by atoms with Gasteiger partial charge in [-0.25, -0.2) is 0 Å². The molecule has 1 heterocycles. The molecule has 0 amide bonds. The molecule has 0 saturated carbocycles. The van der Waals surface area contributed by atoms with Gasteiger partial charge >= 0.3 is 0 Å². The summed E-state index contributed by atoms with van der Waals surface area (Å²) in [4.78, 5) is 2.46. The van der Waals surface area contributed by atoms with E-state index in [0.29, 0.717) is 17.5 Å². The van der Waals surface area contributed by atoms with Gasteiger partial charge in [-0.15, -0.1) is 0 Å². The zero-order valence-corrected chi connectivity index (χ0v) is 20.2. The molecule has 5 rings (SSSR count). The van der Waals surface area contributed by atoms with Crippen molar-refractivity contribution in [2.75, 3.05) is 7.11 Å². The molecular weight excluding hydrogens is 422 g/mol. The van der Waals surface area contributed by atoms with E-state index in [2.05, 4.69) is 49.9 Å². The van der Waals surface area contributed by atoms with Crippen molar-refractivity contribution in [3.63, 3.8) is 0 Å². The summed E-state index contributed by atoms with van der Waals surface area (Å²) >= 11 is 0. The number of hydrogen-bond acceptors (Lipinski definition) is 4. The Balaban J connectivity index is 1.69. The Bertz CT molecular complexity index is 1360. The van der Waals surface area contributed by atoms with Gasteiger partial charge in [-0.1, -0.05) is 48.5 Å². The van der Waals surface area contributed by atoms with Crippen LogP contribution in [0, 0.1) is 6.92 Å². The van der Waals surface area contributed by atoms with Crippen molar-refractivity contribution in [3.8, 4) is 28.4 Å². The van der Waals surface area contributed by atoms with Gasteiger partial charge in [-0.3, -0.25) is 4.90 Å². The number of phenols is 2. The average Bonchev–Trinajstić information content (AvgIpc) is 2.82. The van der Waals surface area contributed by atoms with E-state index in [4.69, 9.17) is 4.74 Å². The molecule has 2 atom stereocenters. The van der Waals surface area contributed by atoms with E-state index in [1.165, 1.54) is 11.1 Å². The summed E-state index contributed by atoms with van der Waals surface area (Å²) in [5.74, 6) is 1.21. The SMILES string of the molecule is COc1cc(C)c(-c2ccc(O)c3c2C[C@@H](C)N(Cc2ccccc2)[C@@H]3C)c2cccc(O)c12. The predicted molar refractivity (Wildman–Crippen MR) is 138 cm³/mol. The summed E-state index contributed by atoms with van der Waals surface area (Å²) in [6.45, 7) is 7.37. The molecule has 0 bridgehead atoms. The highest BCUT2D eigenvalue weighted by molar-refractivity contribution is 6.05. The summed E-state index contributed by atoms with van der Waals surface area (Å²) in [6.07, 6.45) is 0.835. The van der Waals surface area contributed by atoms with Crippen molar-refractivity contribution in [2.45, 2.75) is 45.8 Å². The number of rotatable bonds is 4. The zero-order valence-electron chi connectivity index (χ0n) is 20.2. The first-order chi connectivity index (χ1) is 16.4. The van der Waals surface area contributed by atoms with Crippen molar-refractivity contribution in [2.24, 2.45) is 0 Å². The van der Waals surface area contributed by atoms with Crippen LogP contribution >= 0.6 is 0 Å². The third-order valence-corrected chi connectivity index (χ3v) is 7.31. The van der Waals surface area contributed by atoms with Crippen molar-refractivity contribution < 1.29 is 14.9 Å². The van der Waals surface area contributed by atoms with Gasteiger partial charge in [0.15, 0.2) is 0 Å². The van der Waals surface area contributed by atoms with E-state index in [0.717, 1.165) is 46.0 Å². The Morgan fingerprint density at radius 3 is 2.44 bits per heavy atom. The maximum Gasteiger partial charge on any atom is 0.130 e. The second kappa shape index (κ2) is 8.69. The monoisotopic (exact) mass is 453 g/mol. The lowest BCUT2D eigenvalue weighted by Crippen LogP contribution is -2.40. The fraction of sp³-hybridized carbons (Fsp3) is 0.267. The zero-order chi connectivity index (χ0) is 24.0. The maximum absolute atomic E-state index is 11.0. The fourth-order valence-corrected chi connectivity index (χ4v) is 5.70. The number of aromatic hydroxyl groups is 2. The van der Waals surface area contributed by atoms with Gasteiger partial charge in [-0.05, 0) is 78.6 Å². The number of phenolic OH excluding ortho intramolecular Hbond substituents is 2. The molecule has 0 aromatic heterocycles. The minimum absolute atomic E-state index is 0.0668.